The summed E-state index contributed by atoms with van der Waals surface area (Å²) in [7, 11) is 5.40. The molecular formula is C8H19NO2. The highest BCUT2D eigenvalue weighted by Gasteiger charge is 2.03. The molecule has 0 radical (unpaired) electrons. The van der Waals surface area contributed by atoms with Gasteiger partial charge in [-0.25, -0.2) is 0 Å². The van der Waals surface area contributed by atoms with Crippen molar-refractivity contribution in [3.05, 3.63) is 0 Å². The molecule has 0 aliphatic rings. The molecule has 11 heavy (non-hydrogen) atoms. The van der Waals surface area contributed by atoms with Gasteiger partial charge in [0.2, 0.25) is 0 Å². The van der Waals surface area contributed by atoms with Crippen molar-refractivity contribution < 1.29 is 9.47 Å². The van der Waals surface area contributed by atoms with Crippen LogP contribution in [0.2, 0.25) is 0 Å². The Kier molecular flexibility index (Phi) is 7.89. The molecule has 0 spiro atoms. The van der Waals surface area contributed by atoms with Crippen molar-refractivity contribution in [2.24, 2.45) is 0 Å². The van der Waals surface area contributed by atoms with Gasteiger partial charge in [-0.2, -0.15) is 0 Å². The van der Waals surface area contributed by atoms with E-state index in [2.05, 4.69) is 5.32 Å². The molecule has 0 aromatic carbocycles. The van der Waals surface area contributed by atoms with Gasteiger partial charge in [0, 0.05) is 26.9 Å². The van der Waals surface area contributed by atoms with Gasteiger partial charge in [0.15, 0.2) is 0 Å². The molecule has 0 aliphatic heterocycles. The van der Waals surface area contributed by atoms with Crippen LogP contribution in [-0.4, -0.2) is 40.5 Å². The Balaban J connectivity index is 3.20. The molecule has 0 aliphatic carbocycles. The van der Waals surface area contributed by atoms with Crippen molar-refractivity contribution in [2.75, 3.05) is 34.5 Å². The molecule has 0 bridgehead atoms. The molecule has 0 rings (SSSR count). The number of methoxy groups -OCH3 is 2. The Hall–Kier alpha value is -0.120. The minimum absolute atomic E-state index is 0.468. The number of rotatable bonds is 7. The first-order valence-corrected chi connectivity index (χ1v) is 4.00. The standard InChI is InChI=1S/C8H19NO2/c1-9-8(7-11-3)5-4-6-10-2/h8-9H,4-7H2,1-3H3. The summed E-state index contributed by atoms with van der Waals surface area (Å²) in [6.45, 7) is 1.61. The zero-order valence-electron chi connectivity index (χ0n) is 7.72. The first-order valence-electron chi connectivity index (χ1n) is 4.00. The molecule has 1 unspecified atom stereocenters. The SMILES string of the molecule is CNC(CCCOC)COC. The second kappa shape index (κ2) is 7.98. The van der Waals surface area contributed by atoms with Crippen molar-refractivity contribution in [3.63, 3.8) is 0 Å². The van der Waals surface area contributed by atoms with Gasteiger partial charge in [0.25, 0.3) is 0 Å². The van der Waals surface area contributed by atoms with Gasteiger partial charge in [-0.15, -0.1) is 0 Å². The van der Waals surface area contributed by atoms with E-state index in [4.69, 9.17) is 9.47 Å². The molecule has 0 amide bonds. The first-order chi connectivity index (χ1) is 5.35. The molecule has 0 saturated heterocycles. The largest absolute Gasteiger partial charge is 0.385 e. The van der Waals surface area contributed by atoms with Crippen molar-refractivity contribution in [3.8, 4) is 0 Å². The third-order valence-electron chi connectivity index (χ3n) is 1.68. The Bertz CT molecular complexity index is 78.5. The van der Waals surface area contributed by atoms with Crippen molar-refractivity contribution >= 4 is 0 Å². The molecule has 3 nitrogen and oxygen atoms in total. The molecule has 3 heteroatoms. The molecule has 0 fully saturated rings. The monoisotopic (exact) mass is 161 g/mol. The van der Waals surface area contributed by atoms with Gasteiger partial charge in [0.05, 0.1) is 6.61 Å². The van der Waals surface area contributed by atoms with Gasteiger partial charge in [0.1, 0.15) is 0 Å². The van der Waals surface area contributed by atoms with Crippen LogP contribution in [0.4, 0.5) is 0 Å². The lowest BCUT2D eigenvalue weighted by atomic mass is 10.2. The number of hydrogen-bond acceptors (Lipinski definition) is 3. The quantitative estimate of drug-likeness (QED) is 0.556. The summed E-state index contributed by atoms with van der Waals surface area (Å²) in [6.07, 6.45) is 2.20. The summed E-state index contributed by atoms with van der Waals surface area (Å²) < 4.78 is 9.97. The van der Waals surface area contributed by atoms with Crippen LogP contribution in [0.3, 0.4) is 0 Å². The van der Waals surface area contributed by atoms with E-state index in [0.717, 1.165) is 26.1 Å². The molecule has 1 atom stereocenters. The maximum Gasteiger partial charge on any atom is 0.0615 e. The molecule has 0 saturated carbocycles. The second-order valence-electron chi connectivity index (χ2n) is 2.58. The highest BCUT2D eigenvalue weighted by Crippen LogP contribution is 1.96. The molecule has 0 aromatic rings. The summed E-state index contributed by atoms with van der Waals surface area (Å²) in [5.74, 6) is 0. The topological polar surface area (TPSA) is 30.5 Å². The van der Waals surface area contributed by atoms with Crippen LogP contribution in [0.1, 0.15) is 12.8 Å². The lowest BCUT2D eigenvalue weighted by molar-refractivity contribution is 0.151. The maximum absolute atomic E-state index is 5.02. The van der Waals surface area contributed by atoms with Gasteiger partial charge in [-0.3, -0.25) is 0 Å². The van der Waals surface area contributed by atoms with E-state index in [9.17, 15) is 0 Å². The smallest absolute Gasteiger partial charge is 0.0615 e. The summed E-state index contributed by atoms with van der Waals surface area (Å²) in [4.78, 5) is 0. The van der Waals surface area contributed by atoms with Crippen LogP contribution in [0.25, 0.3) is 0 Å². The number of nitrogens with one attached hydrogen (secondary N) is 1. The minimum atomic E-state index is 0.468. The summed E-state index contributed by atoms with van der Waals surface area (Å²) in [5, 5.41) is 3.18. The van der Waals surface area contributed by atoms with E-state index in [1.165, 1.54) is 0 Å². The molecule has 0 heterocycles. The minimum Gasteiger partial charge on any atom is -0.385 e. The van der Waals surface area contributed by atoms with Crippen LogP contribution in [0.15, 0.2) is 0 Å². The third kappa shape index (κ3) is 6.28. The fourth-order valence-electron chi connectivity index (χ4n) is 0.986. The highest BCUT2D eigenvalue weighted by atomic mass is 16.5. The van der Waals surface area contributed by atoms with Crippen molar-refractivity contribution in [1.29, 1.82) is 0 Å². The van der Waals surface area contributed by atoms with Gasteiger partial charge >= 0.3 is 0 Å². The summed E-state index contributed by atoms with van der Waals surface area (Å²) in [6, 6.07) is 0.468. The van der Waals surface area contributed by atoms with Crippen molar-refractivity contribution in [2.45, 2.75) is 18.9 Å². The third-order valence-corrected chi connectivity index (χ3v) is 1.68. The van der Waals surface area contributed by atoms with E-state index in [1.807, 2.05) is 7.05 Å². The van der Waals surface area contributed by atoms with E-state index in [-0.39, 0.29) is 0 Å². The summed E-state index contributed by atoms with van der Waals surface area (Å²) in [5.41, 5.74) is 0. The van der Waals surface area contributed by atoms with Gasteiger partial charge in [-0.05, 0) is 19.9 Å². The number of hydrogen-bond donors (Lipinski definition) is 1. The van der Waals surface area contributed by atoms with E-state index in [1.54, 1.807) is 14.2 Å². The molecule has 68 valence electrons. The summed E-state index contributed by atoms with van der Waals surface area (Å²) >= 11 is 0. The van der Waals surface area contributed by atoms with Gasteiger partial charge in [-0.1, -0.05) is 0 Å². The zero-order chi connectivity index (χ0) is 8.53. The van der Waals surface area contributed by atoms with E-state index >= 15 is 0 Å². The fraction of sp³-hybridized carbons (Fsp3) is 1.00. The van der Waals surface area contributed by atoms with Crippen molar-refractivity contribution in [1.82, 2.24) is 5.32 Å². The van der Waals surface area contributed by atoms with E-state index < -0.39 is 0 Å². The van der Waals surface area contributed by atoms with Gasteiger partial charge < -0.3 is 14.8 Å². The average Bonchev–Trinajstić information content (AvgIpc) is 2.03. The van der Waals surface area contributed by atoms with Crippen LogP contribution in [0.5, 0.6) is 0 Å². The van der Waals surface area contributed by atoms with E-state index in [0.29, 0.717) is 6.04 Å². The first kappa shape index (κ1) is 10.9. The lowest BCUT2D eigenvalue weighted by Crippen LogP contribution is -2.30. The zero-order valence-corrected chi connectivity index (χ0v) is 7.72. The molecular weight excluding hydrogens is 142 g/mol. The Morgan fingerprint density at radius 2 is 2.00 bits per heavy atom. The highest BCUT2D eigenvalue weighted by molar-refractivity contribution is 4.62. The number of likely N-dealkylation sites (N-methyl/N-ethyl adjacent to an activating group) is 1. The Labute approximate surface area is 69.1 Å². The molecule has 0 aromatic heterocycles. The predicted octanol–water partition coefficient (Wildman–Crippen LogP) is 0.647. The Morgan fingerprint density at radius 3 is 2.45 bits per heavy atom. The average molecular weight is 161 g/mol. The molecule has 1 N–H and O–H groups in total. The Morgan fingerprint density at radius 1 is 1.27 bits per heavy atom. The predicted molar refractivity (Wildman–Crippen MR) is 45.8 cm³/mol. The van der Waals surface area contributed by atoms with Crippen LogP contribution < -0.4 is 5.32 Å². The lowest BCUT2D eigenvalue weighted by Gasteiger charge is -2.13. The second-order valence-corrected chi connectivity index (χ2v) is 2.58. The number of ether oxygens (including phenoxy) is 2. The fourth-order valence-corrected chi connectivity index (χ4v) is 0.986. The van der Waals surface area contributed by atoms with Crippen LogP contribution >= 0.6 is 0 Å². The maximum atomic E-state index is 5.02. The van der Waals surface area contributed by atoms with Crippen LogP contribution in [-0.2, 0) is 9.47 Å². The normalized spacial score (nSPS) is 13.4. The van der Waals surface area contributed by atoms with Crippen LogP contribution in [0, 0.1) is 0 Å².